The quantitative estimate of drug-likeness (QED) is 0.640. The number of quaternary nitrogens is 1. The van der Waals surface area contributed by atoms with Crippen molar-refractivity contribution in [1.29, 1.82) is 0 Å². The van der Waals surface area contributed by atoms with E-state index in [9.17, 15) is 5.11 Å². The van der Waals surface area contributed by atoms with Crippen molar-refractivity contribution in [2.75, 3.05) is 19.6 Å². The van der Waals surface area contributed by atoms with Crippen LogP contribution in [0.2, 0.25) is 0 Å². The number of hydrogen-bond donors (Lipinski definition) is 3. The minimum absolute atomic E-state index is 0.460. The Morgan fingerprint density at radius 1 is 1.13 bits per heavy atom. The molecule has 0 aromatic heterocycles. The molecule has 3 rings (SSSR count). The van der Waals surface area contributed by atoms with Gasteiger partial charge in [0.15, 0.2) is 5.97 Å². The van der Waals surface area contributed by atoms with Crippen molar-refractivity contribution in [2.45, 2.75) is 45.4 Å². The Morgan fingerprint density at radius 2 is 1.73 bits per heavy atom. The van der Waals surface area contributed by atoms with E-state index in [2.05, 4.69) is 42.5 Å². The van der Waals surface area contributed by atoms with Crippen LogP contribution in [-0.4, -0.2) is 41.8 Å². The number of aliphatic carboxylic acids is 2. The normalized spacial score (nSPS) is 18.2. The van der Waals surface area contributed by atoms with Crippen LogP contribution < -0.4 is 10.0 Å². The molecule has 6 heteroatoms. The van der Waals surface area contributed by atoms with E-state index in [1.165, 1.54) is 56.4 Å². The number of rotatable bonds is 5. The molecule has 0 saturated carbocycles. The van der Waals surface area contributed by atoms with E-state index in [0.717, 1.165) is 11.1 Å². The van der Waals surface area contributed by atoms with Crippen molar-refractivity contribution in [1.82, 2.24) is 0 Å². The largest absolute Gasteiger partial charge is 0.539 e. The third kappa shape index (κ3) is 7.19. The number of hydrogen-bond acceptors (Lipinski definition) is 4. The lowest BCUT2D eigenvalue weighted by Crippen LogP contribution is -3.13. The summed E-state index contributed by atoms with van der Waals surface area (Å²) in [5, 5.41) is 26.3. The van der Waals surface area contributed by atoms with Crippen LogP contribution in [0.1, 0.15) is 47.4 Å². The van der Waals surface area contributed by atoms with Crippen LogP contribution in [0.15, 0.2) is 42.5 Å². The Bertz CT molecular complexity index is 815. The highest BCUT2D eigenvalue weighted by atomic mass is 16.4. The topological polar surface area (TPSA) is 102 Å². The summed E-state index contributed by atoms with van der Waals surface area (Å²) in [6.45, 7) is 7.83. The highest BCUT2D eigenvalue weighted by Gasteiger charge is 2.24. The first-order valence-corrected chi connectivity index (χ1v) is 10.4. The molecular weight excluding hydrogens is 382 g/mol. The molecule has 1 aliphatic rings. The van der Waals surface area contributed by atoms with Gasteiger partial charge in [0.05, 0.1) is 19.6 Å². The van der Waals surface area contributed by atoms with Crippen LogP contribution in [0.5, 0.6) is 5.75 Å². The number of carbonyl (C=O) groups is 2. The summed E-state index contributed by atoms with van der Waals surface area (Å²) >= 11 is 0. The van der Waals surface area contributed by atoms with Gasteiger partial charge >= 0.3 is 5.97 Å². The molecular formula is C24H31NO5. The Balaban J connectivity index is 0.000000469. The Kier molecular flexibility index (Phi) is 8.87. The summed E-state index contributed by atoms with van der Waals surface area (Å²) in [7, 11) is 0. The van der Waals surface area contributed by atoms with Crippen molar-refractivity contribution in [2.24, 2.45) is 0 Å². The molecule has 3 N–H and O–H groups in total. The van der Waals surface area contributed by atoms with E-state index >= 15 is 0 Å². The number of nitrogens with one attached hydrogen (secondary N) is 1. The van der Waals surface area contributed by atoms with Gasteiger partial charge in [0.25, 0.3) is 0 Å². The van der Waals surface area contributed by atoms with Gasteiger partial charge in [-0.3, -0.25) is 0 Å². The lowest BCUT2D eigenvalue weighted by molar-refractivity contribution is -0.906. The minimum Gasteiger partial charge on any atom is -0.539 e. The molecule has 2 aromatic carbocycles. The SMILES string of the molecule is Cc1cc(C2CCC[NH+](CCCc3ccccc3)C2)cc(C)c1O.O=C([O-])C(=O)O. The average molecular weight is 414 g/mol. The second-order valence-electron chi connectivity index (χ2n) is 7.98. The number of carbonyl (C=O) groups excluding carboxylic acids is 1. The molecule has 2 aromatic rings. The first-order valence-electron chi connectivity index (χ1n) is 10.4. The van der Waals surface area contributed by atoms with E-state index < -0.39 is 11.9 Å². The van der Waals surface area contributed by atoms with Crippen molar-refractivity contribution >= 4 is 11.9 Å². The zero-order chi connectivity index (χ0) is 22.1. The number of piperidine rings is 1. The monoisotopic (exact) mass is 413 g/mol. The zero-order valence-electron chi connectivity index (χ0n) is 17.7. The predicted molar refractivity (Wildman–Crippen MR) is 113 cm³/mol. The Hall–Kier alpha value is -2.86. The number of carboxylic acid groups (broad SMARTS) is 2. The highest BCUT2D eigenvalue weighted by molar-refractivity contribution is 6.26. The lowest BCUT2D eigenvalue weighted by Gasteiger charge is -2.30. The molecule has 2 unspecified atom stereocenters. The summed E-state index contributed by atoms with van der Waals surface area (Å²) in [6.07, 6.45) is 5.04. The van der Waals surface area contributed by atoms with Crippen LogP contribution in [0.25, 0.3) is 0 Å². The fraction of sp³-hybridized carbons (Fsp3) is 0.417. The summed E-state index contributed by atoms with van der Waals surface area (Å²) in [5.74, 6) is -2.91. The van der Waals surface area contributed by atoms with E-state index in [4.69, 9.17) is 19.8 Å². The first kappa shape index (κ1) is 23.4. The predicted octanol–water partition coefficient (Wildman–Crippen LogP) is 1.23. The van der Waals surface area contributed by atoms with Crippen LogP contribution in [0, 0.1) is 13.8 Å². The molecule has 2 atom stereocenters. The van der Waals surface area contributed by atoms with E-state index in [-0.39, 0.29) is 0 Å². The molecule has 162 valence electrons. The number of phenols is 1. The second kappa shape index (κ2) is 11.4. The molecule has 1 heterocycles. The third-order valence-electron chi connectivity index (χ3n) is 5.62. The van der Waals surface area contributed by atoms with Crippen LogP contribution in [0.4, 0.5) is 0 Å². The van der Waals surface area contributed by atoms with Gasteiger partial charge in [-0.1, -0.05) is 42.5 Å². The molecule has 6 nitrogen and oxygen atoms in total. The maximum absolute atomic E-state index is 10.0. The van der Waals surface area contributed by atoms with E-state index in [0.29, 0.717) is 11.7 Å². The van der Waals surface area contributed by atoms with Crippen molar-refractivity contribution in [3.05, 3.63) is 64.7 Å². The van der Waals surface area contributed by atoms with Gasteiger partial charge in [-0.2, -0.15) is 0 Å². The lowest BCUT2D eigenvalue weighted by atomic mass is 9.88. The smallest absolute Gasteiger partial charge is 0.351 e. The highest BCUT2D eigenvalue weighted by Crippen LogP contribution is 2.29. The van der Waals surface area contributed by atoms with Crippen LogP contribution >= 0.6 is 0 Å². The second-order valence-corrected chi connectivity index (χ2v) is 7.98. The average Bonchev–Trinajstić information content (AvgIpc) is 2.73. The number of likely N-dealkylation sites (tertiary alicyclic amines) is 1. The Labute approximate surface area is 177 Å². The number of aromatic hydroxyl groups is 1. The molecule has 1 aliphatic heterocycles. The van der Waals surface area contributed by atoms with Gasteiger partial charge in [0.2, 0.25) is 0 Å². The van der Waals surface area contributed by atoms with E-state index in [1.54, 1.807) is 4.90 Å². The standard InChI is InChI=1S/C22H29NO.C2H2O4/c1-17-14-21(15-18(2)22(17)24)20-11-7-13-23(16-20)12-6-10-19-8-4-3-5-9-19;3-1(4)2(5)6/h3-5,8-9,14-15,20,24H,6-7,10-13,16H2,1-2H3;(H,3,4)(H,5,6). The number of carboxylic acids is 2. The molecule has 0 bridgehead atoms. The molecule has 0 radical (unpaired) electrons. The Morgan fingerprint density at radius 3 is 2.30 bits per heavy atom. The van der Waals surface area contributed by atoms with E-state index in [1.807, 2.05) is 13.8 Å². The van der Waals surface area contributed by atoms with Crippen molar-refractivity contribution in [3.63, 3.8) is 0 Å². The number of aryl methyl sites for hydroxylation is 3. The van der Waals surface area contributed by atoms with Gasteiger partial charge in [0.1, 0.15) is 5.75 Å². The molecule has 0 amide bonds. The van der Waals surface area contributed by atoms with Crippen LogP contribution in [0.3, 0.4) is 0 Å². The van der Waals surface area contributed by atoms with Gasteiger partial charge in [-0.15, -0.1) is 0 Å². The summed E-state index contributed by atoms with van der Waals surface area (Å²) in [5.41, 5.74) is 4.90. The molecule has 0 aliphatic carbocycles. The van der Waals surface area contributed by atoms with Gasteiger partial charge in [-0.25, -0.2) is 4.79 Å². The maximum Gasteiger partial charge on any atom is 0.351 e. The summed E-state index contributed by atoms with van der Waals surface area (Å²) < 4.78 is 0. The van der Waals surface area contributed by atoms with Gasteiger partial charge in [-0.05, 0) is 55.4 Å². The minimum atomic E-state index is -2.07. The third-order valence-corrected chi connectivity index (χ3v) is 5.62. The van der Waals surface area contributed by atoms with Crippen molar-refractivity contribution < 1.29 is 29.8 Å². The van der Waals surface area contributed by atoms with Gasteiger partial charge in [0, 0.05) is 12.3 Å². The molecule has 1 fully saturated rings. The fourth-order valence-electron chi connectivity index (χ4n) is 4.07. The number of benzene rings is 2. The first-order chi connectivity index (χ1) is 14.3. The fourth-order valence-corrected chi connectivity index (χ4v) is 4.07. The summed E-state index contributed by atoms with van der Waals surface area (Å²) in [4.78, 5) is 19.8. The number of phenolic OH excluding ortho intramolecular Hbond substituents is 1. The summed E-state index contributed by atoms with van der Waals surface area (Å²) in [6, 6.07) is 15.2. The van der Waals surface area contributed by atoms with Crippen molar-refractivity contribution in [3.8, 4) is 5.75 Å². The molecule has 30 heavy (non-hydrogen) atoms. The zero-order valence-corrected chi connectivity index (χ0v) is 17.7. The molecule has 1 saturated heterocycles. The maximum atomic E-state index is 10.0. The molecule has 0 spiro atoms. The van der Waals surface area contributed by atoms with Gasteiger partial charge < -0.3 is 25.0 Å². The van der Waals surface area contributed by atoms with Crippen LogP contribution in [-0.2, 0) is 16.0 Å².